The topological polar surface area (TPSA) is 68.5 Å². The van der Waals surface area contributed by atoms with E-state index in [1.807, 2.05) is 38.1 Å². The van der Waals surface area contributed by atoms with Crippen molar-refractivity contribution in [2.45, 2.75) is 32.9 Å². The van der Waals surface area contributed by atoms with E-state index in [1.54, 1.807) is 0 Å². The molecule has 1 N–H and O–H groups in total. The molecule has 0 aliphatic carbocycles. The number of amides is 1. The average Bonchev–Trinajstić information content (AvgIpc) is 3.16. The summed E-state index contributed by atoms with van der Waals surface area (Å²) in [5.41, 5.74) is 5.99. The molecular weight excluding hydrogens is 396 g/mol. The van der Waals surface area contributed by atoms with Crippen molar-refractivity contribution in [2.24, 2.45) is 0 Å². The van der Waals surface area contributed by atoms with Gasteiger partial charge < -0.3 is 10.1 Å². The molecule has 0 saturated carbocycles. The zero-order valence-electron chi connectivity index (χ0n) is 17.5. The quantitative estimate of drug-likeness (QED) is 0.448. The van der Waals surface area contributed by atoms with E-state index in [0.717, 1.165) is 22.3 Å². The van der Waals surface area contributed by atoms with E-state index in [0.29, 0.717) is 23.2 Å². The van der Waals surface area contributed by atoms with Gasteiger partial charge in [-0.3, -0.25) is 9.20 Å². The summed E-state index contributed by atoms with van der Waals surface area (Å²) < 4.78 is 7.65. The largest absolute Gasteiger partial charge is 0.492 e. The van der Waals surface area contributed by atoms with E-state index in [9.17, 15) is 4.79 Å². The fraction of sp³-hybridized carbons (Fsp3) is 0.261. The Bertz CT molecular complexity index is 1250. The molecule has 0 fully saturated rings. The van der Waals surface area contributed by atoms with Crippen LogP contribution >= 0.6 is 11.8 Å². The lowest BCUT2D eigenvalue weighted by atomic mass is 10.0. The fourth-order valence-corrected chi connectivity index (χ4v) is 4.30. The minimum Gasteiger partial charge on any atom is -0.492 e. The third-order valence-electron chi connectivity index (χ3n) is 5.00. The highest BCUT2D eigenvalue weighted by atomic mass is 32.2. The monoisotopic (exact) mass is 420 g/mol. The molecule has 0 radical (unpaired) electrons. The highest BCUT2D eigenvalue weighted by molar-refractivity contribution is 7.99. The molecule has 0 bridgehead atoms. The van der Waals surface area contributed by atoms with Crippen LogP contribution in [0.3, 0.4) is 0 Å². The molecule has 0 atom stereocenters. The normalized spacial score (nSPS) is 11.2. The molecule has 0 spiro atoms. The van der Waals surface area contributed by atoms with Gasteiger partial charge in [0.2, 0.25) is 5.91 Å². The summed E-state index contributed by atoms with van der Waals surface area (Å²) in [6, 6.07) is 13.8. The molecular formula is C23H24N4O2S. The van der Waals surface area contributed by atoms with Crippen LogP contribution in [0.15, 0.2) is 47.6 Å². The van der Waals surface area contributed by atoms with Gasteiger partial charge in [0.05, 0.1) is 23.6 Å². The van der Waals surface area contributed by atoms with Crippen molar-refractivity contribution >= 4 is 39.9 Å². The Morgan fingerprint density at radius 1 is 1.07 bits per heavy atom. The second-order valence-electron chi connectivity index (χ2n) is 7.20. The number of benzene rings is 2. The maximum atomic E-state index is 12.6. The summed E-state index contributed by atoms with van der Waals surface area (Å²) in [7, 11) is 0. The van der Waals surface area contributed by atoms with Crippen LogP contribution in [-0.4, -0.2) is 32.9 Å². The fourth-order valence-electron chi connectivity index (χ4n) is 3.57. The van der Waals surface area contributed by atoms with Gasteiger partial charge >= 0.3 is 0 Å². The number of aromatic nitrogens is 3. The van der Waals surface area contributed by atoms with Crippen LogP contribution in [0.4, 0.5) is 5.69 Å². The molecule has 0 aliphatic heterocycles. The van der Waals surface area contributed by atoms with Crippen LogP contribution < -0.4 is 10.1 Å². The van der Waals surface area contributed by atoms with Crippen LogP contribution in [0.25, 0.3) is 16.6 Å². The van der Waals surface area contributed by atoms with Gasteiger partial charge in [0.1, 0.15) is 5.75 Å². The zero-order chi connectivity index (χ0) is 21.3. The van der Waals surface area contributed by atoms with Gasteiger partial charge in [-0.2, -0.15) is 0 Å². The van der Waals surface area contributed by atoms with Gasteiger partial charge in [-0.1, -0.05) is 36.0 Å². The Morgan fingerprint density at radius 2 is 1.83 bits per heavy atom. The third-order valence-corrected chi connectivity index (χ3v) is 5.93. The van der Waals surface area contributed by atoms with E-state index < -0.39 is 0 Å². The number of nitrogens with zero attached hydrogens (tertiary/aromatic N) is 3. The Hall–Kier alpha value is -3.06. The first kappa shape index (κ1) is 20.2. The second-order valence-corrected chi connectivity index (χ2v) is 8.14. The number of thioether (sulfide) groups is 1. The van der Waals surface area contributed by atoms with Gasteiger partial charge in [0.25, 0.3) is 0 Å². The number of pyridine rings is 1. The average molecular weight is 421 g/mol. The molecule has 2 aromatic carbocycles. The zero-order valence-corrected chi connectivity index (χ0v) is 18.3. The summed E-state index contributed by atoms with van der Waals surface area (Å²) >= 11 is 1.38. The minimum atomic E-state index is -0.117. The molecule has 1 amide bonds. The van der Waals surface area contributed by atoms with E-state index in [-0.39, 0.29) is 11.7 Å². The van der Waals surface area contributed by atoms with Crippen molar-refractivity contribution in [3.8, 4) is 5.75 Å². The second kappa shape index (κ2) is 8.36. The van der Waals surface area contributed by atoms with E-state index in [2.05, 4.69) is 52.0 Å². The standard InChI is InChI=1S/C23H24N4O2S/c1-5-29-19-9-7-6-8-18(19)24-20(28)13-30-23-26-25-22-16(4)12-17-14(2)10-11-15(3)21(17)27(22)23/h6-12H,5,13H2,1-4H3,(H,24,28). The molecule has 0 aliphatic rings. The number of hydrogen-bond acceptors (Lipinski definition) is 5. The summed E-state index contributed by atoms with van der Waals surface area (Å²) in [5, 5.41) is 13.6. The van der Waals surface area contributed by atoms with Crippen LogP contribution in [0.1, 0.15) is 23.6 Å². The number of fused-ring (bicyclic) bond motifs is 3. The highest BCUT2D eigenvalue weighted by Gasteiger charge is 2.16. The maximum Gasteiger partial charge on any atom is 0.234 e. The molecule has 7 heteroatoms. The summed E-state index contributed by atoms with van der Waals surface area (Å²) in [6.07, 6.45) is 0. The molecule has 6 nitrogen and oxygen atoms in total. The smallest absolute Gasteiger partial charge is 0.234 e. The van der Waals surface area contributed by atoms with E-state index >= 15 is 0 Å². The first-order chi connectivity index (χ1) is 14.5. The first-order valence-corrected chi connectivity index (χ1v) is 10.9. The number of ether oxygens (including phenoxy) is 1. The Morgan fingerprint density at radius 3 is 2.63 bits per heavy atom. The van der Waals surface area contributed by atoms with Crippen LogP contribution in [-0.2, 0) is 4.79 Å². The molecule has 0 saturated heterocycles. The maximum absolute atomic E-state index is 12.6. The Labute approximate surface area is 179 Å². The van der Waals surface area contributed by atoms with Crippen LogP contribution in [0.2, 0.25) is 0 Å². The molecule has 30 heavy (non-hydrogen) atoms. The van der Waals surface area contributed by atoms with Crippen LogP contribution in [0.5, 0.6) is 5.75 Å². The lowest BCUT2D eigenvalue weighted by Crippen LogP contribution is -2.15. The predicted octanol–water partition coefficient (Wildman–Crippen LogP) is 4.94. The van der Waals surface area contributed by atoms with Gasteiger partial charge in [0, 0.05) is 5.39 Å². The molecule has 0 unspecified atom stereocenters. The number of hydrogen-bond donors (Lipinski definition) is 1. The number of aryl methyl sites for hydroxylation is 3. The SMILES string of the molecule is CCOc1ccccc1NC(=O)CSc1nnc2c(C)cc3c(C)ccc(C)c3n12. The van der Waals surface area contributed by atoms with Crippen molar-refractivity contribution in [3.63, 3.8) is 0 Å². The number of para-hydroxylation sites is 2. The van der Waals surface area contributed by atoms with Crippen molar-refractivity contribution < 1.29 is 9.53 Å². The molecule has 154 valence electrons. The van der Waals surface area contributed by atoms with Crippen LogP contribution in [0, 0.1) is 20.8 Å². The molecule has 4 rings (SSSR count). The third kappa shape index (κ3) is 3.73. The Kier molecular flexibility index (Phi) is 5.63. The number of carbonyl (C=O) groups is 1. The van der Waals surface area contributed by atoms with Gasteiger partial charge in [-0.15, -0.1) is 10.2 Å². The van der Waals surface area contributed by atoms with E-state index in [4.69, 9.17) is 4.74 Å². The minimum absolute atomic E-state index is 0.117. The summed E-state index contributed by atoms with van der Waals surface area (Å²) in [5.74, 6) is 0.773. The van der Waals surface area contributed by atoms with Gasteiger partial charge in [-0.25, -0.2) is 0 Å². The first-order valence-electron chi connectivity index (χ1n) is 9.88. The molecule has 4 aromatic rings. The van der Waals surface area contributed by atoms with Gasteiger partial charge in [-0.05, 0) is 62.6 Å². The van der Waals surface area contributed by atoms with Crippen molar-refractivity contribution in [2.75, 3.05) is 17.7 Å². The van der Waals surface area contributed by atoms with Crippen molar-refractivity contribution in [3.05, 3.63) is 59.2 Å². The van der Waals surface area contributed by atoms with Gasteiger partial charge in [0.15, 0.2) is 10.8 Å². The lowest BCUT2D eigenvalue weighted by molar-refractivity contribution is -0.113. The summed E-state index contributed by atoms with van der Waals surface area (Å²) in [4.78, 5) is 12.6. The number of nitrogens with one attached hydrogen (secondary N) is 1. The van der Waals surface area contributed by atoms with Crippen molar-refractivity contribution in [1.29, 1.82) is 0 Å². The number of anilines is 1. The molecule has 2 heterocycles. The predicted molar refractivity (Wildman–Crippen MR) is 122 cm³/mol. The van der Waals surface area contributed by atoms with E-state index in [1.165, 1.54) is 22.7 Å². The van der Waals surface area contributed by atoms with Crippen molar-refractivity contribution in [1.82, 2.24) is 14.6 Å². The highest BCUT2D eigenvalue weighted by Crippen LogP contribution is 2.30. The Balaban J connectivity index is 1.62. The molecule has 2 aromatic heterocycles. The lowest BCUT2D eigenvalue weighted by Gasteiger charge is -2.12. The number of carbonyl (C=O) groups excluding carboxylic acids is 1. The number of rotatable bonds is 6. The summed E-state index contributed by atoms with van der Waals surface area (Å²) in [6.45, 7) is 8.69.